The molecule has 2 heterocycles. The van der Waals surface area contributed by atoms with Crippen molar-refractivity contribution in [1.29, 1.82) is 0 Å². The van der Waals surface area contributed by atoms with Crippen LogP contribution in [0.2, 0.25) is 0 Å². The molecule has 2 saturated heterocycles. The van der Waals surface area contributed by atoms with E-state index in [1.807, 2.05) is 0 Å². The van der Waals surface area contributed by atoms with Crippen molar-refractivity contribution in [2.75, 3.05) is 32.9 Å². The van der Waals surface area contributed by atoms with E-state index in [4.69, 9.17) is 14.6 Å². The first kappa shape index (κ1) is 13.3. The molecule has 0 saturated carbocycles. The van der Waals surface area contributed by atoms with Crippen LogP contribution in [-0.4, -0.2) is 60.9 Å². The lowest BCUT2D eigenvalue weighted by Gasteiger charge is -2.16. The number of hydrogen-bond donors (Lipinski definition) is 1. The third kappa shape index (κ3) is 3.43. The Morgan fingerprint density at radius 3 is 2.83 bits per heavy atom. The fraction of sp³-hybridized carbons (Fsp3) is 0.833. The maximum Gasteiger partial charge on any atom is 0.308 e. The van der Waals surface area contributed by atoms with E-state index >= 15 is 0 Å². The van der Waals surface area contributed by atoms with Gasteiger partial charge in [0.1, 0.15) is 6.61 Å². The average molecular weight is 257 g/mol. The molecule has 1 amide bonds. The van der Waals surface area contributed by atoms with Crippen molar-refractivity contribution in [3.8, 4) is 0 Å². The summed E-state index contributed by atoms with van der Waals surface area (Å²) < 4.78 is 10.7. The molecule has 0 aromatic rings. The quantitative estimate of drug-likeness (QED) is 0.756. The molecule has 0 aliphatic carbocycles. The van der Waals surface area contributed by atoms with Gasteiger partial charge < -0.3 is 19.5 Å². The van der Waals surface area contributed by atoms with Gasteiger partial charge in [-0.05, 0) is 19.3 Å². The Bertz CT molecular complexity index is 314. The smallest absolute Gasteiger partial charge is 0.308 e. The lowest BCUT2D eigenvalue weighted by Crippen LogP contribution is -2.33. The SMILES string of the molecule is O=C(O)[C@@H]1CCN(C(=O)COC[C@@H]2CCCO2)C1. The molecule has 102 valence electrons. The lowest BCUT2D eigenvalue weighted by atomic mass is 10.1. The molecule has 2 atom stereocenters. The summed E-state index contributed by atoms with van der Waals surface area (Å²) in [5.41, 5.74) is 0. The molecule has 2 fully saturated rings. The van der Waals surface area contributed by atoms with E-state index in [1.54, 1.807) is 4.90 Å². The molecule has 0 radical (unpaired) electrons. The van der Waals surface area contributed by atoms with Gasteiger partial charge in [0.25, 0.3) is 0 Å². The maximum absolute atomic E-state index is 11.8. The first-order chi connectivity index (χ1) is 8.66. The predicted molar refractivity (Wildman–Crippen MR) is 62.1 cm³/mol. The second kappa shape index (κ2) is 6.15. The van der Waals surface area contributed by atoms with Gasteiger partial charge in [-0.2, -0.15) is 0 Å². The molecule has 1 N–H and O–H groups in total. The molecule has 2 aliphatic rings. The summed E-state index contributed by atoms with van der Waals surface area (Å²) in [6.45, 7) is 2.05. The van der Waals surface area contributed by atoms with E-state index in [0.717, 1.165) is 19.4 Å². The van der Waals surface area contributed by atoms with E-state index in [-0.39, 0.29) is 18.6 Å². The molecule has 0 aromatic heterocycles. The van der Waals surface area contributed by atoms with Gasteiger partial charge in [-0.25, -0.2) is 0 Å². The molecule has 0 spiro atoms. The maximum atomic E-state index is 11.8. The van der Waals surface area contributed by atoms with Crippen molar-refractivity contribution >= 4 is 11.9 Å². The molecule has 0 aromatic carbocycles. The van der Waals surface area contributed by atoms with Crippen LogP contribution in [0.5, 0.6) is 0 Å². The van der Waals surface area contributed by atoms with Crippen LogP contribution in [0.3, 0.4) is 0 Å². The Balaban J connectivity index is 1.64. The number of ether oxygens (including phenoxy) is 2. The van der Waals surface area contributed by atoms with Crippen LogP contribution in [-0.2, 0) is 19.1 Å². The number of carbonyl (C=O) groups excluding carboxylic acids is 1. The van der Waals surface area contributed by atoms with Crippen molar-refractivity contribution in [3.63, 3.8) is 0 Å². The summed E-state index contributed by atoms with van der Waals surface area (Å²) in [6, 6.07) is 0. The van der Waals surface area contributed by atoms with Crippen molar-refractivity contribution in [1.82, 2.24) is 4.90 Å². The average Bonchev–Trinajstić information content (AvgIpc) is 2.99. The second-order valence-corrected chi connectivity index (χ2v) is 4.81. The highest BCUT2D eigenvalue weighted by Gasteiger charge is 2.30. The fourth-order valence-electron chi connectivity index (χ4n) is 2.33. The summed E-state index contributed by atoms with van der Waals surface area (Å²) in [7, 11) is 0. The first-order valence-corrected chi connectivity index (χ1v) is 6.36. The number of amides is 1. The lowest BCUT2D eigenvalue weighted by molar-refractivity contribution is -0.141. The van der Waals surface area contributed by atoms with E-state index in [2.05, 4.69) is 0 Å². The Morgan fingerprint density at radius 2 is 2.22 bits per heavy atom. The van der Waals surface area contributed by atoms with Crippen LogP contribution < -0.4 is 0 Å². The van der Waals surface area contributed by atoms with E-state index < -0.39 is 11.9 Å². The second-order valence-electron chi connectivity index (χ2n) is 4.81. The van der Waals surface area contributed by atoms with Gasteiger partial charge in [0.05, 0.1) is 18.6 Å². The highest BCUT2D eigenvalue weighted by molar-refractivity contribution is 5.79. The summed E-state index contributed by atoms with van der Waals surface area (Å²) in [5, 5.41) is 8.85. The molecule has 2 rings (SSSR count). The van der Waals surface area contributed by atoms with Gasteiger partial charge in [-0.1, -0.05) is 0 Å². The molecule has 6 nitrogen and oxygen atoms in total. The number of carbonyl (C=O) groups is 2. The van der Waals surface area contributed by atoms with Crippen LogP contribution in [0, 0.1) is 5.92 Å². The zero-order chi connectivity index (χ0) is 13.0. The van der Waals surface area contributed by atoms with E-state index in [1.165, 1.54) is 0 Å². The standard InChI is InChI=1S/C12H19NO5/c14-11(8-17-7-10-2-1-5-18-10)13-4-3-9(6-13)12(15)16/h9-10H,1-8H2,(H,15,16)/t9-,10+/m1/s1. The number of nitrogens with zero attached hydrogens (tertiary/aromatic N) is 1. The predicted octanol–water partition coefficient (Wildman–Crippen LogP) is 0.115. The number of aliphatic carboxylic acids is 1. The van der Waals surface area contributed by atoms with Gasteiger partial charge in [-0.3, -0.25) is 9.59 Å². The van der Waals surface area contributed by atoms with Crippen molar-refractivity contribution in [3.05, 3.63) is 0 Å². The number of hydrogen-bond acceptors (Lipinski definition) is 4. The van der Waals surface area contributed by atoms with Crippen LogP contribution in [0.1, 0.15) is 19.3 Å². The molecular formula is C12H19NO5. The Morgan fingerprint density at radius 1 is 1.39 bits per heavy atom. The Hall–Kier alpha value is -1.14. The van der Waals surface area contributed by atoms with Gasteiger partial charge in [0, 0.05) is 19.7 Å². The highest BCUT2D eigenvalue weighted by atomic mass is 16.5. The number of likely N-dealkylation sites (tertiary alicyclic amines) is 1. The fourth-order valence-corrected chi connectivity index (χ4v) is 2.33. The molecule has 6 heteroatoms. The van der Waals surface area contributed by atoms with Crippen molar-refractivity contribution in [2.45, 2.75) is 25.4 Å². The molecule has 0 bridgehead atoms. The number of carboxylic acids is 1. The molecular weight excluding hydrogens is 238 g/mol. The van der Waals surface area contributed by atoms with Crippen LogP contribution in [0.25, 0.3) is 0 Å². The Labute approximate surface area is 106 Å². The van der Waals surface area contributed by atoms with E-state index in [9.17, 15) is 9.59 Å². The zero-order valence-corrected chi connectivity index (χ0v) is 10.3. The minimum Gasteiger partial charge on any atom is -0.481 e. The monoisotopic (exact) mass is 257 g/mol. The summed E-state index contributed by atoms with van der Waals surface area (Å²) in [6.07, 6.45) is 2.68. The van der Waals surface area contributed by atoms with E-state index in [0.29, 0.717) is 26.1 Å². The number of carboxylic acid groups (broad SMARTS) is 1. The summed E-state index contributed by atoms with van der Waals surface area (Å²) in [5.74, 6) is -1.38. The molecule has 0 unspecified atom stereocenters. The van der Waals surface area contributed by atoms with Gasteiger partial charge in [0.2, 0.25) is 5.91 Å². The third-order valence-corrected chi connectivity index (χ3v) is 3.44. The molecule has 18 heavy (non-hydrogen) atoms. The highest BCUT2D eigenvalue weighted by Crippen LogP contribution is 2.16. The normalized spacial score (nSPS) is 27.7. The van der Waals surface area contributed by atoms with Gasteiger partial charge in [0.15, 0.2) is 0 Å². The summed E-state index contributed by atoms with van der Waals surface area (Å²) in [4.78, 5) is 24.1. The summed E-state index contributed by atoms with van der Waals surface area (Å²) >= 11 is 0. The minimum atomic E-state index is -0.828. The number of rotatable bonds is 5. The topological polar surface area (TPSA) is 76.1 Å². The van der Waals surface area contributed by atoms with Crippen LogP contribution in [0.4, 0.5) is 0 Å². The van der Waals surface area contributed by atoms with Gasteiger partial charge >= 0.3 is 5.97 Å². The zero-order valence-electron chi connectivity index (χ0n) is 10.3. The molecule has 2 aliphatic heterocycles. The minimum absolute atomic E-state index is 0.0200. The van der Waals surface area contributed by atoms with Crippen LogP contribution in [0.15, 0.2) is 0 Å². The van der Waals surface area contributed by atoms with Crippen molar-refractivity contribution < 1.29 is 24.2 Å². The van der Waals surface area contributed by atoms with Gasteiger partial charge in [-0.15, -0.1) is 0 Å². The van der Waals surface area contributed by atoms with Crippen LogP contribution >= 0.6 is 0 Å². The largest absolute Gasteiger partial charge is 0.481 e. The third-order valence-electron chi connectivity index (χ3n) is 3.44. The Kier molecular flexibility index (Phi) is 4.54. The van der Waals surface area contributed by atoms with Crippen molar-refractivity contribution in [2.24, 2.45) is 5.92 Å². The first-order valence-electron chi connectivity index (χ1n) is 6.36.